The Labute approximate surface area is 108 Å². The summed E-state index contributed by atoms with van der Waals surface area (Å²) in [7, 11) is 1.45. The fraction of sp³-hybridized carbons (Fsp3) is 0.154. The molecule has 0 aliphatic rings. The Morgan fingerprint density at radius 1 is 1.26 bits per heavy atom. The van der Waals surface area contributed by atoms with Crippen LogP contribution in [0.2, 0.25) is 0 Å². The van der Waals surface area contributed by atoms with Gasteiger partial charge < -0.3 is 10.1 Å². The van der Waals surface area contributed by atoms with Gasteiger partial charge in [-0.25, -0.2) is 18.2 Å². The minimum atomic E-state index is -1.24. The van der Waals surface area contributed by atoms with Crippen molar-refractivity contribution in [3.8, 4) is 5.88 Å². The van der Waals surface area contributed by atoms with Crippen molar-refractivity contribution < 1.29 is 17.9 Å². The highest BCUT2D eigenvalue weighted by atomic mass is 19.2. The third kappa shape index (κ3) is 2.96. The second-order valence-electron chi connectivity index (χ2n) is 3.77. The Balaban J connectivity index is 2.19. The first-order chi connectivity index (χ1) is 9.11. The number of nitrogens with one attached hydrogen (secondary N) is 1. The van der Waals surface area contributed by atoms with E-state index >= 15 is 0 Å². The average molecular weight is 268 g/mol. The van der Waals surface area contributed by atoms with E-state index in [0.29, 0.717) is 17.5 Å². The molecule has 0 aliphatic carbocycles. The van der Waals surface area contributed by atoms with E-state index in [1.165, 1.54) is 7.11 Å². The van der Waals surface area contributed by atoms with Gasteiger partial charge in [0.25, 0.3) is 0 Å². The summed E-state index contributed by atoms with van der Waals surface area (Å²) in [5.74, 6) is -2.84. The maximum atomic E-state index is 13.4. The highest BCUT2D eigenvalue weighted by molar-refractivity contribution is 5.46. The molecule has 0 unspecified atom stereocenters. The molecule has 1 heterocycles. The van der Waals surface area contributed by atoms with E-state index in [0.717, 1.165) is 6.07 Å². The summed E-state index contributed by atoms with van der Waals surface area (Å²) in [4.78, 5) is 3.96. The van der Waals surface area contributed by atoms with Crippen molar-refractivity contribution in [1.29, 1.82) is 0 Å². The second-order valence-corrected chi connectivity index (χ2v) is 3.77. The predicted octanol–water partition coefficient (Wildman–Crippen LogP) is 3.12. The predicted molar refractivity (Wildman–Crippen MR) is 64.4 cm³/mol. The molecular weight excluding hydrogens is 257 g/mol. The zero-order valence-electron chi connectivity index (χ0n) is 10.1. The number of hydrogen-bond donors (Lipinski definition) is 1. The van der Waals surface area contributed by atoms with Gasteiger partial charge in [-0.15, -0.1) is 0 Å². The van der Waals surface area contributed by atoms with Gasteiger partial charge in [0.15, 0.2) is 11.6 Å². The molecule has 19 heavy (non-hydrogen) atoms. The van der Waals surface area contributed by atoms with Crippen LogP contribution in [-0.2, 0) is 6.54 Å². The van der Waals surface area contributed by atoms with Gasteiger partial charge in [-0.2, -0.15) is 0 Å². The largest absolute Gasteiger partial charge is 0.481 e. The smallest absolute Gasteiger partial charge is 0.218 e. The quantitative estimate of drug-likeness (QED) is 0.865. The molecule has 6 heteroatoms. The molecule has 2 rings (SSSR count). The molecule has 2 aromatic rings. The highest BCUT2D eigenvalue weighted by Gasteiger charge is 2.11. The number of nitrogens with zero attached hydrogens (tertiary/aromatic N) is 1. The molecule has 1 aromatic heterocycles. The van der Waals surface area contributed by atoms with Crippen LogP contribution in [0, 0.1) is 17.5 Å². The SMILES string of the molecule is COc1ncccc1CNc1cc(F)cc(F)c1F. The van der Waals surface area contributed by atoms with Crippen molar-refractivity contribution in [2.75, 3.05) is 12.4 Å². The Morgan fingerprint density at radius 2 is 2.05 bits per heavy atom. The maximum absolute atomic E-state index is 13.4. The van der Waals surface area contributed by atoms with Crippen LogP contribution in [0.25, 0.3) is 0 Å². The van der Waals surface area contributed by atoms with Crippen LogP contribution < -0.4 is 10.1 Å². The van der Waals surface area contributed by atoms with E-state index in [1.54, 1.807) is 18.3 Å². The van der Waals surface area contributed by atoms with Crippen LogP contribution in [0.1, 0.15) is 5.56 Å². The number of rotatable bonds is 4. The zero-order chi connectivity index (χ0) is 13.8. The van der Waals surface area contributed by atoms with Crippen LogP contribution in [0.15, 0.2) is 30.5 Å². The molecule has 0 aliphatic heterocycles. The molecule has 100 valence electrons. The van der Waals surface area contributed by atoms with Gasteiger partial charge in [-0.05, 0) is 6.07 Å². The number of aromatic nitrogens is 1. The number of benzene rings is 1. The topological polar surface area (TPSA) is 34.1 Å². The van der Waals surface area contributed by atoms with Gasteiger partial charge in [0, 0.05) is 30.4 Å². The number of anilines is 1. The first kappa shape index (κ1) is 13.2. The zero-order valence-corrected chi connectivity index (χ0v) is 10.1. The monoisotopic (exact) mass is 268 g/mol. The first-order valence-electron chi connectivity index (χ1n) is 5.48. The lowest BCUT2D eigenvalue weighted by molar-refractivity contribution is 0.393. The Hall–Kier alpha value is -2.24. The maximum Gasteiger partial charge on any atom is 0.218 e. The molecule has 0 bridgehead atoms. The van der Waals surface area contributed by atoms with Crippen LogP contribution in [-0.4, -0.2) is 12.1 Å². The molecular formula is C13H11F3N2O. The fourth-order valence-corrected chi connectivity index (χ4v) is 1.62. The number of pyridine rings is 1. The Morgan fingerprint density at radius 3 is 2.79 bits per heavy atom. The van der Waals surface area contributed by atoms with Gasteiger partial charge in [0.05, 0.1) is 12.8 Å². The van der Waals surface area contributed by atoms with Crippen LogP contribution in [0.4, 0.5) is 18.9 Å². The standard InChI is InChI=1S/C13H11F3N2O/c1-19-13-8(3-2-4-17-13)7-18-11-6-9(14)5-10(15)12(11)16/h2-6,18H,7H2,1H3. The number of ether oxygens (including phenoxy) is 1. The van der Waals surface area contributed by atoms with E-state index < -0.39 is 17.5 Å². The number of hydrogen-bond acceptors (Lipinski definition) is 3. The Kier molecular flexibility index (Phi) is 3.89. The van der Waals surface area contributed by atoms with E-state index in [-0.39, 0.29) is 12.2 Å². The fourth-order valence-electron chi connectivity index (χ4n) is 1.62. The molecule has 0 saturated heterocycles. The van der Waals surface area contributed by atoms with E-state index in [4.69, 9.17) is 4.74 Å². The summed E-state index contributed by atoms with van der Waals surface area (Å²) in [6, 6.07) is 4.78. The van der Waals surface area contributed by atoms with Crippen molar-refractivity contribution in [3.63, 3.8) is 0 Å². The molecule has 0 spiro atoms. The van der Waals surface area contributed by atoms with Gasteiger partial charge in [0.2, 0.25) is 5.88 Å². The third-order valence-electron chi connectivity index (χ3n) is 2.51. The van der Waals surface area contributed by atoms with Gasteiger partial charge in [-0.1, -0.05) is 6.07 Å². The lowest BCUT2D eigenvalue weighted by Gasteiger charge is -2.10. The first-order valence-corrected chi connectivity index (χ1v) is 5.48. The molecule has 0 atom stereocenters. The molecule has 0 radical (unpaired) electrons. The van der Waals surface area contributed by atoms with Crippen LogP contribution in [0.3, 0.4) is 0 Å². The third-order valence-corrected chi connectivity index (χ3v) is 2.51. The van der Waals surface area contributed by atoms with E-state index in [1.807, 2.05) is 0 Å². The minimum absolute atomic E-state index is 0.136. The average Bonchev–Trinajstić information content (AvgIpc) is 2.41. The van der Waals surface area contributed by atoms with Gasteiger partial charge >= 0.3 is 0 Å². The lowest BCUT2D eigenvalue weighted by atomic mass is 10.2. The van der Waals surface area contributed by atoms with Crippen LogP contribution >= 0.6 is 0 Å². The number of methoxy groups -OCH3 is 1. The molecule has 1 aromatic carbocycles. The summed E-state index contributed by atoms with van der Waals surface area (Å²) in [6.07, 6.45) is 1.55. The van der Waals surface area contributed by atoms with Crippen molar-refractivity contribution in [2.24, 2.45) is 0 Å². The molecule has 3 nitrogen and oxygen atoms in total. The summed E-state index contributed by atoms with van der Waals surface area (Å²) >= 11 is 0. The van der Waals surface area contributed by atoms with Crippen LogP contribution in [0.5, 0.6) is 5.88 Å². The minimum Gasteiger partial charge on any atom is -0.481 e. The molecule has 1 N–H and O–H groups in total. The normalized spacial score (nSPS) is 10.3. The van der Waals surface area contributed by atoms with E-state index in [9.17, 15) is 13.2 Å². The van der Waals surface area contributed by atoms with Gasteiger partial charge in [0.1, 0.15) is 5.82 Å². The summed E-state index contributed by atoms with van der Waals surface area (Å²) in [5, 5.41) is 2.61. The van der Waals surface area contributed by atoms with Crippen molar-refractivity contribution in [1.82, 2.24) is 4.98 Å². The number of halogens is 3. The molecule has 0 saturated carbocycles. The van der Waals surface area contributed by atoms with E-state index in [2.05, 4.69) is 10.3 Å². The van der Waals surface area contributed by atoms with Crippen molar-refractivity contribution in [2.45, 2.75) is 6.54 Å². The summed E-state index contributed by atoms with van der Waals surface area (Å²) in [6.45, 7) is 0.136. The molecule has 0 amide bonds. The summed E-state index contributed by atoms with van der Waals surface area (Å²) < 4.78 is 44.4. The van der Waals surface area contributed by atoms with Gasteiger partial charge in [-0.3, -0.25) is 0 Å². The molecule has 0 fully saturated rings. The second kappa shape index (κ2) is 5.60. The Bertz CT molecular complexity index is 590. The van der Waals surface area contributed by atoms with Crippen molar-refractivity contribution >= 4 is 5.69 Å². The van der Waals surface area contributed by atoms with Crippen molar-refractivity contribution in [3.05, 3.63) is 53.5 Å². The highest BCUT2D eigenvalue weighted by Crippen LogP contribution is 2.21. The lowest BCUT2D eigenvalue weighted by Crippen LogP contribution is -2.05. The summed E-state index contributed by atoms with van der Waals surface area (Å²) in [5.41, 5.74) is 0.400.